The van der Waals surface area contributed by atoms with E-state index in [2.05, 4.69) is 43.3 Å². The summed E-state index contributed by atoms with van der Waals surface area (Å²) >= 11 is 0. The standard InChI is InChI=1S/C21H27N3O2/c1-16-5-4-6-17(13-16)14-22-9-11-23(12-10-22)15-24-20(25)18-7-2-3-8-19(18)21(24)26/h2-6,13,18-19H,7-12,14-15H2,1H3/p+2/t18-,19-/m1/s1. The maximum Gasteiger partial charge on any atom is 0.237 e. The van der Waals surface area contributed by atoms with Gasteiger partial charge in [-0.2, -0.15) is 0 Å². The average molecular weight is 355 g/mol. The number of piperazine rings is 1. The first-order valence-electron chi connectivity index (χ1n) is 9.84. The van der Waals surface area contributed by atoms with Crippen LogP contribution in [0.2, 0.25) is 0 Å². The van der Waals surface area contributed by atoms with Crippen molar-refractivity contribution in [1.29, 1.82) is 0 Å². The lowest BCUT2D eigenvalue weighted by atomic mass is 9.85. The minimum absolute atomic E-state index is 0.0615. The fourth-order valence-electron chi connectivity index (χ4n) is 4.65. The highest BCUT2D eigenvalue weighted by molar-refractivity contribution is 6.05. The lowest BCUT2D eigenvalue weighted by molar-refractivity contribution is -1.02. The van der Waals surface area contributed by atoms with Crippen molar-refractivity contribution < 1.29 is 19.4 Å². The van der Waals surface area contributed by atoms with E-state index in [1.54, 1.807) is 9.80 Å². The van der Waals surface area contributed by atoms with E-state index in [0.717, 1.165) is 45.6 Å². The van der Waals surface area contributed by atoms with Crippen molar-refractivity contribution >= 4 is 11.8 Å². The number of carbonyl (C=O) groups is 2. The molecule has 0 radical (unpaired) electrons. The molecular formula is C21H29N3O2+2. The van der Waals surface area contributed by atoms with Crippen LogP contribution in [0, 0.1) is 18.8 Å². The molecule has 2 heterocycles. The Morgan fingerprint density at radius 1 is 0.962 bits per heavy atom. The Morgan fingerprint density at radius 2 is 1.58 bits per heavy atom. The van der Waals surface area contributed by atoms with Crippen molar-refractivity contribution in [3.8, 4) is 0 Å². The molecule has 3 aliphatic rings. The third-order valence-corrected chi connectivity index (χ3v) is 6.18. The van der Waals surface area contributed by atoms with Gasteiger partial charge in [-0.05, 0) is 19.8 Å². The number of nitrogens with zero attached hydrogens (tertiary/aromatic N) is 1. The highest BCUT2D eigenvalue weighted by atomic mass is 16.2. The predicted molar refractivity (Wildman–Crippen MR) is 98.4 cm³/mol. The molecule has 0 bridgehead atoms. The van der Waals surface area contributed by atoms with Crippen LogP contribution in [-0.2, 0) is 16.1 Å². The summed E-state index contributed by atoms with van der Waals surface area (Å²) < 4.78 is 0. The smallest absolute Gasteiger partial charge is 0.237 e. The van der Waals surface area contributed by atoms with E-state index in [0.29, 0.717) is 6.67 Å². The first-order valence-corrected chi connectivity index (χ1v) is 9.84. The number of hydrogen-bond donors (Lipinski definition) is 2. The molecule has 0 aromatic heterocycles. The molecule has 2 aliphatic heterocycles. The van der Waals surface area contributed by atoms with Gasteiger partial charge in [0.2, 0.25) is 11.8 Å². The van der Waals surface area contributed by atoms with Gasteiger partial charge in [0.1, 0.15) is 32.7 Å². The molecule has 0 spiro atoms. The van der Waals surface area contributed by atoms with Gasteiger partial charge in [0.15, 0.2) is 6.67 Å². The number of nitrogens with one attached hydrogen (secondary N) is 2. The van der Waals surface area contributed by atoms with E-state index in [1.807, 2.05) is 0 Å². The average Bonchev–Trinajstić information content (AvgIpc) is 2.89. The first kappa shape index (κ1) is 17.4. The summed E-state index contributed by atoms with van der Waals surface area (Å²) in [4.78, 5) is 29.7. The van der Waals surface area contributed by atoms with Gasteiger partial charge in [-0.3, -0.25) is 9.59 Å². The highest BCUT2D eigenvalue weighted by Gasteiger charge is 2.48. The van der Waals surface area contributed by atoms with Gasteiger partial charge in [-0.15, -0.1) is 0 Å². The van der Waals surface area contributed by atoms with Crippen LogP contribution in [-0.4, -0.2) is 49.6 Å². The summed E-state index contributed by atoms with van der Waals surface area (Å²) in [6.45, 7) is 7.98. The van der Waals surface area contributed by atoms with Crippen molar-refractivity contribution in [3.63, 3.8) is 0 Å². The summed E-state index contributed by atoms with van der Waals surface area (Å²) in [5.74, 6) is -0.0713. The molecule has 2 atom stereocenters. The van der Waals surface area contributed by atoms with Gasteiger partial charge in [-0.1, -0.05) is 42.0 Å². The van der Waals surface area contributed by atoms with Gasteiger partial charge in [0.25, 0.3) is 0 Å². The van der Waals surface area contributed by atoms with Gasteiger partial charge in [0.05, 0.1) is 11.8 Å². The second-order valence-corrected chi connectivity index (χ2v) is 8.08. The minimum atomic E-state index is -0.0971. The largest absolute Gasteiger partial charge is 0.322 e. The molecule has 26 heavy (non-hydrogen) atoms. The lowest BCUT2D eigenvalue weighted by Crippen LogP contribution is -3.28. The van der Waals surface area contributed by atoms with Crippen molar-refractivity contribution in [2.75, 3.05) is 32.8 Å². The molecule has 2 saturated heterocycles. The Kier molecular flexibility index (Phi) is 4.92. The van der Waals surface area contributed by atoms with Gasteiger partial charge < -0.3 is 9.80 Å². The van der Waals surface area contributed by atoms with Crippen molar-refractivity contribution in [1.82, 2.24) is 4.90 Å². The topological polar surface area (TPSA) is 46.3 Å². The summed E-state index contributed by atoms with van der Waals surface area (Å²) in [6.07, 6.45) is 5.57. The second kappa shape index (κ2) is 7.33. The number of amides is 2. The molecule has 0 unspecified atom stereocenters. The van der Waals surface area contributed by atoms with Crippen LogP contribution >= 0.6 is 0 Å². The Labute approximate surface area is 155 Å². The SMILES string of the molecule is Cc1cccc(C[NH+]2CC[NH+](CN3C(=O)[C@@H]4CC=CC[C@H]4C3=O)CC2)c1. The molecule has 0 saturated carbocycles. The number of hydrogen-bond acceptors (Lipinski definition) is 2. The summed E-state index contributed by atoms with van der Waals surface area (Å²) in [5, 5.41) is 0. The summed E-state index contributed by atoms with van der Waals surface area (Å²) in [6, 6.07) is 8.74. The fraction of sp³-hybridized carbons (Fsp3) is 0.524. The third kappa shape index (κ3) is 3.46. The number of benzene rings is 1. The van der Waals surface area contributed by atoms with Crippen molar-refractivity contribution in [2.45, 2.75) is 26.3 Å². The van der Waals surface area contributed by atoms with Crippen molar-refractivity contribution in [3.05, 3.63) is 47.5 Å². The van der Waals surface area contributed by atoms with Crippen molar-refractivity contribution in [2.24, 2.45) is 11.8 Å². The number of rotatable bonds is 4. The number of quaternary nitrogens is 2. The number of aryl methyl sites for hydroxylation is 1. The minimum Gasteiger partial charge on any atom is -0.322 e. The normalized spacial score (nSPS) is 31.3. The molecule has 5 nitrogen and oxygen atoms in total. The Bertz CT molecular complexity index is 696. The van der Waals surface area contributed by atoms with E-state index >= 15 is 0 Å². The number of fused-ring (bicyclic) bond motifs is 1. The lowest BCUT2D eigenvalue weighted by Gasteiger charge is -2.31. The van der Waals surface area contributed by atoms with Crippen LogP contribution in [0.1, 0.15) is 24.0 Å². The Hall–Kier alpha value is -1.98. The van der Waals surface area contributed by atoms with Gasteiger partial charge in [-0.25, -0.2) is 4.90 Å². The van der Waals surface area contributed by atoms with Crippen LogP contribution in [0.25, 0.3) is 0 Å². The molecule has 1 aliphatic carbocycles. The van der Waals surface area contributed by atoms with Crippen LogP contribution in [0.3, 0.4) is 0 Å². The van der Waals surface area contributed by atoms with E-state index in [-0.39, 0.29) is 23.7 Å². The predicted octanol–water partition coefficient (Wildman–Crippen LogP) is -0.813. The van der Waals surface area contributed by atoms with Crippen LogP contribution < -0.4 is 9.80 Å². The van der Waals surface area contributed by atoms with E-state index < -0.39 is 0 Å². The van der Waals surface area contributed by atoms with Crippen LogP contribution in [0.15, 0.2) is 36.4 Å². The molecule has 138 valence electrons. The molecule has 1 aromatic carbocycles. The zero-order chi connectivity index (χ0) is 18.1. The monoisotopic (exact) mass is 355 g/mol. The maximum absolute atomic E-state index is 12.6. The van der Waals surface area contributed by atoms with E-state index in [4.69, 9.17) is 0 Å². The number of allylic oxidation sites excluding steroid dienone is 2. The molecule has 2 fully saturated rings. The first-order chi connectivity index (χ1) is 12.6. The zero-order valence-corrected chi connectivity index (χ0v) is 15.5. The van der Waals surface area contributed by atoms with Crippen LogP contribution in [0.5, 0.6) is 0 Å². The molecule has 1 aromatic rings. The molecule has 2 amide bonds. The zero-order valence-electron chi connectivity index (χ0n) is 15.5. The third-order valence-electron chi connectivity index (χ3n) is 6.18. The molecular weight excluding hydrogens is 326 g/mol. The Balaban J connectivity index is 1.30. The Morgan fingerprint density at radius 3 is 2.19 bits per heavy atom. The van der Waals surface area contributed by atoms with E-state index in [9.17, 15) is 9.59 Å². The van der Waals surface area contributed by atoms with E-state index in [1.165, 1.54) is 16.0 Å². The number of imide groups is 1. The van der Waals surface area contributed by atoms with Gasteiger partial charge in [0, 0.05) is 5.56 Å². The number of carbonyl (C=O) groups excluding carboxylic acids is 2. The number of likely N-dealkylation sites (tertiary alicyclic amines) is 1. The second-order valence-electron chi connectivity index (χ2n) is 8.08. The summed E-state index contributed by atoms with van der Waals surface area (Å²) in [7, 11) is 0. The molecule has 5 heteroatoms. The summed E-state index contributed by atoms with van der Waals surface area (Å²) in [5.41, 5.74) is 2.71. The molecule has 2 N–H and O–H groups in total. The molecule has 4 rings (SSSR count). The fourth-order valence-corrected chi connectivity index (χ4v) is 4.65. The van der Waals surface area contributed by atoms with Crippen LogP contribution in [0.4, 0.5) is 0 Å². The van der Waals surface area contributed by atoms with Gasteiger partial charge >= 0.3 is 0 Å². The maximum atomic E-state index is 12.6. The quantitative estimate of drug-likeness (QED) is 0.548. The highest BCUT2D eigenvalue weighted by Crippen LogP contribution is 2.34.